The maximum atomic E-state index is 14.2. The van der Waals surface area contributed by atoms with Gasteiger partial charge < -0.3 is 35.2 Å². The number of benzene rings is 2. The summed E-state index contributed by atoms with van der Waals surface area (Å²) in [5.41, 5.74) is 7.83. The first-order chi connectivity index (χ1) is 34.8. The van der Waals surface area contributed by atoms with Crippen molar-refractivity contribution in [1.82, 2.24) is 40.3 Å². The number of aryl methyl sites for hydroxylation is 3. The second kappa shape index (κ2) is 21.1. The van der Waals surface area contributed by atoms with Gasteiger partial charge in [-0.25, -0.2) is 15.0 Å². The van der Waals surface area contributed by atoms with Crippen molar-refractivity contribution in [2.24, 2.45) is 10.4 Å². The zero-order chi connectivity index (χ0) is 51.9. The number of aliphatic hydroxyl groups is 2. The summed E-state index contributed by atoms with van der Waals surface area (Å²) in [5.74, 6) is 0.757. The summed E-state index contributed by atoms with van der Waals surface area (Å²) in [6, 6.07) is 16.1. The maximum Gasteiger partial charge on any atom is 0.356 e. The van der Waals surface area contributed by atoms with Crippen LogP contribution in [-0.4, -0.2) is 113 Å². The van der Waals surface area contributed by atoms with Gasteiger partial charge in [0.1, 0.15) is 34.8 Å². The van der Waals surface area contributed by atoms with E-state index in [1.807, 2.05) is 100 Å². The quantitative estimate of drug-likeness (QED) is 0.0559. The predicted octanol–water partition coefficient (Wildman–Crippen LogP) is 6.41. The van der Waals surface area contributed by atoms with Crippen LogP contribution in [0.2, 0.25) is 5.02 Å². The fourth-order valence-electron chi connectivity index (χ4n) is 9.45. The molecule has 0 radical (unpaired) electrons. The monoisotopic (exact) mass is 1050 g/mol. The summed E-state index contributed by atoms with van der Waals surface area (Å²) in [4.78, 5) is 62.0. The van der Waals surface area contributed by atoms with E-state index in [1.165, 1.54) is 11.1 Å². The van der Waals surface area contributed by atoms with Crippen LogP contribution in [0.1, 0.15) is 110 Å². The van der Waals surface area contributed by atoms with Gasteiger partial charge >= 0.3 is 5.90 Å². The Morgan fingerprint density at radius 2 is 1.67 bits per heavy atom. The van der Waals surface area contributed by atoms with Crippen LogP contribution >= 0.6 is 34.3 Å². The van der Waals surface area contributed by atoms with Crippen LogP contribution in [0.15, 0.2) is 77.4 Å². The van der Waals surface area contributed by atoms with Gasteiger partial charge in [0.15, 0.2) is 24.5 Å². The molecule has 1 saturated carbocycles. The Hall–Kier alpha value is -6.54. The van der Waals surface area contributed by atoms with Gasteiger partial charge in [-0.15, -0.1) is 32.9 Å². The van der Waals surface area contributed by atoms with Gasteiger partial charge in [-0.3, -0.25) is 23.9 Å². The Bertz CT molecular complexity index is 3070. The first-order valence-electron chi connectivity index (χ1n) is 24.3. The lowest BCUT2D eigenvalue weighted by Gasteiger charge is -2.35. The Morgan fingerprint density at radius 1 is 0.945 bits per heavy atom. The molecular weight excluding hydrogens is 988 g/mol. The Kier molecular flexibility index (Phi) is 14.9. The summed E-state index contributed by atoms with van der Waals surface area (Å²) in [5, 5.41) is 38.6. The summed E-state index contributed by atoms with van der Waals surface area (Å²) in [6.45, 7) is 15.1. The van der Waals surface area contributed by atoms with Crippen LogP contribution in [0.5, 0.6) is 11.6 Å². The second-order valence-electron chi connectivity index (χ2n) is 20.1. The molecule has 5 N–H and O–H groups in total. The maximum absolute atomic E-state index is 14.2. The van der Waals surface area contributed by atoms with Gasteiger partial charge in [0.05, 0.1) is 40.5 Å². The Morgan fingerprint density at radius 3 is 2.34 bits per heavy atom. The number of likely N-dealkylation sites (tertiary alicyclic amines) is 1. The molecule has 2 aromatic carbocycles. The van der Waals surface area contributed by atoms with Crippen LogP contribution in [0.3, 0.4) is 0 Å². The van der Waals surface area contributed by atoms with E-state index in [4.69, 9.17) is 26.1 Å². The number of pyridine rings is 1. The molecular formula is C53H60ClN10O7S2+. The van der Waals surface area contributed by atoms with E-state index in [0.29, 0.717) is 35.3 Å². The largest absolute Gasteiger partial charge is 0.482 e. The molecule has 0 unspecified atom stereocenters. The van der Waals surface area contributed by atoms with Gasteiger partial charge in [0.25, 0.3) is 5.91 Å². The molecule has 17 nitrogen and oxygen atoms in total. The molecule has 20 heteroatoms. The number of halogens is 1. The van der Waals surface area contributed by atoms with Crippen LogP contribution in [0, 0.1) is 33.1 Å². The molecule has 5 atom stereocenters. The number of carbonyl (C=O) groups excluding carboxylic acids is 3. The lowest BCUT2D eigenvalue weighted by molar-refractivity contribution is -0.515. The zero-order valence-electron chi connectivity index (χ0n) is 42.0. The summed E-state index contributed by atoms with van der Waals surface area (Å²) >= 11 is 9.50. The molecule has 73 heavy (non-hydrogen) atoms. The highest BCUT2D eigenvalue weighted by Crippen LogP contribution is 2.40. The molecule has 1 saturated heterocycles. The molecule has 382 valence electrons. The molecule has 6 aromatic rings. The molecule has 4 aromatic heterocycles. The number of hydrogen-bond acceptors (Lipinski definition) is 13. The van der Waals surface area contributed by atoms with E-state index in [9.17, 15) is 24.6 Å². The number of ether oxygens (including phenoxy) is 2. The smallest absolute Gasteiger partial charge is 0.356 e. The van der Waals surface area contributed by atoms with Crippen molar-refractivity contribution >= 4 is 63.6 Å². The number of aromatic nitrogens is 5. The average molecular weight is 1050 g/mol. The van der Waals surface area contributed by atoms with E-state index < -0.39 is 48.1 Å². The highest BCUT2D eigenvalue weighted by atomic mass is 35.5. The number of thiophene rings is 1. The highest BCUT2D eigenvalue weighted by molar-refractivity contribution is 7.15. The molecule has 2 aliphatic heterocycles. The molecule has 3 aliphatic rings. The van der Waals surface area contributed by atoms with Crippen LogP contribution < -0.4 is 25.1 Å². The molecule has 6 heterocycles. The first-order valence-corrected chi connectivity index (χ1v) is 26.4. The Labute approximate surface area is 436 Å². The minimum Gasteiger partial charge on any atom is -0.482 e. The fraction of sp³-hybridized carbons (Fsp3) is 0.415. The molecule has 3 amide bonds. The van der Waals surface area contributed by atoms with E-state index in [2.05, 4.69) is 49.6 Å². The zero-order valence-corrected chi connectivity index (χ0v) is 44.4. The third-order valence-electron chi connectivity index (χ3n) is 13.6. The summed E-state index contributed by atoms with van der Waals surface area (Å²) in [7, 11) is 0. The fourth-order valence-corrected chi connectivity index (χ4v) is 11.6. The number of amides is 3. The van der Waals surface area contributed by atoms with E-state index >= 15 is 0 Å². The van der Waals surface area contributed by atoms with E-state index in [1.54, 1.807) is 34.8 Å². The molecule has 1 aliphatic carbocycles. The third-order valence-corrected chi connectivity index (χ3v) is 16.1. The van der Waals surface area contributed by atoms with Crippen molar-refractivity contribution in [2.45, 2.75) is 123 Å². The SMILES string of the molecule is Cc1ncsc1-c1ccc([C@H](C)[NH+]=C(O)[C@H]2C[C@H](O)CN2C(=O)[C@@H](NC(=O)COc2ccc(OC3CC(NC(=O)C[C@@H]4N=C(c5ccc(Cl)cc5)c5c(sc(C)c5C)-n5c(C)nnc54)C3)nc2)C(C)(C)C)cc1. The molecule has 9 rings (SSSR count). The standard InChI is InChI=1S/C53H59ClN10O7S2/c1-27-30(4)73-52-45(27)46(33-13-15-35(54)16-14-33)59-40(49-62-61-31(5)64(49)52)22-42(66)58-36-19-39(20-36)71-44-18-17-38(23-55-44)70-25-43(67)60-48(53(6,7)8)51(69)63-24-37(65)21-41(63)50(68)57-28(2)32-9-11-34(12-10-32)47-29(3)56-26-72-47/h9-18,23,26,28,36-37,39-41,48,65H,19-22,24-25H2,1-8H3,(H,57,68)(H,58,66)(H,60,67)/p+1/t28-,36?,37-,39?,40-,41+,48+/m0/s1. The molecule has 0 spiro atoms. The number of β-amino-alcohol motifs (C(OH)–C–C–N with tert-alkyl or cyclic N) is 1. The molecule has 2 fully saturated rings. The number of aliphatic hydroxyl groups excluding tert-OH is 2. The van der Waals surface area contributed by atoms with Crippen LogP contribution in [-0.2, 0) is 14.4 Å². The lowest BCUT2D eigenvalue weighted by Crippen LogP contribution is -2.77. The number of carbonyl (C=O) groups is 3. The Balaban J connectivity index is 0.758. The number of hydrogen-bond donors (Lipinski definition) is 5. The van der Waals surface area contributed by atoms with Crippen molar-refractivity contribution in [3.05, 3.63) is 122 Å². The number of nitrogens with zero attached hydrogens (tertiary/aromatic N) is 7. The first kappa shape index (κ1) is 51.4. The predicted molar refractivity (Wildman–Crippen MR) is 280 cm³/mol. The number of aliphatic imine (C=N–C) groups is 1. The van der Waals surface area contributed by atoms with Crippen LogP contribution in [0.25, 0.3) is 15.4 Å². The van der Waals surface area contributed by atoms with Gasteiger partial charge in [-0.05, 0) is 62.4 Å². The molecule has 0 bridgehead atoms. The minimum atomic E-state index is -0.998. The van der Waals surface area contributed by atoms with Gasteiger partial charge in [-0.2, -0.15) is 0 Å². The highest BCUT2D eigenvalue weighted by Gasteiger charge is 2.46. The van der Waals surface area contributed by atoms with Gasteiger partial charge in [0, 0.05) is 71.4 Å². The van der Waals surface area contributed by atoms with Crippen molar-refractivity contribution in [3.8, 4) is 27.1 Å². The average Bonchev–Trinajstić information content (AvgIpc) is 4.11. The van der Waals surface area contributed by atoms with Crippen molar-refractivity contribution in [3.63, 3.8) is 0 Å². The van der Waals surface area contributed by atoms with Gasteiger partial charge in [-0.1, -0.05) is 68.8 Å². The minimum absolute atomic E-state index is 0.00706. The summed E-state index contributed by atoms with van der Waals surface area (Å²) in [6.07, 6.45) is 1.80. The summed E-state index contributed by atoms with van der Waals surface area (Å²) < 4.78 is 13.9. The number of fused-ring (bicyclic) bond motifs is 3. The lowest BCUT2D eigenvalue weighted by atomic mass is 9.85. The van der Waals surface area contributed by atoms with Crippen molar-refractivity contribution in [1.29, 1.82) is 0 Å². The topological polar surface area (TPSA) is 220 Å². The van der Waals surface area contributed by atoms with Crippen molar-refractivity contribution < 1.29 is 39.1 Å². The number of nitrogens with one attached hydrogen (secondary N) is 3. The normalized spacial score (nSPS) is 20.5. The number of thiazole rings is 1. The second-order valence-corrected chi connectivity index (χ2v) is 22.6. The van der Waals surface area contributed by atoms with E-state index in [0.717, 1.165) is 59.8 Å². The van der Waals surface area contributed by atoms with Crippen molar-refractivity contribution in [2.75, 3.05) is 13.2 Å². The van der Waals surface area contributed by atoms with Gasteiger partial charge in [0.2, 0.25) is 17.7 Å². The van der Waals surface area contributed by atoms with Crippen LogP contribution in [0.4, 0.5) is 0 Å². The number of rotatable bonds is 15. The third kappa shape index (κ3) is 11.2. The van der Waals surface area contributed by atoms with E-state index in [-0.39, 0.29) is 49.4 Å².